The van der Waals surface area contributed by atoms with Gasteiger partial charge < -0.3 is 15.0 Å². The lowest BCUT2D eigenvalue weighted by atomic mass is 9.94. The number of nitrogens with zero attached hydrogens (tertiary/aromatic N) is 3. The first-order chi connectivity index (χ1) is 14.6. The molecular formula is C23H26N4O2S. The molecule has 4 rings (SSSR count). The molecule has 0 unspecified atom stereocenters. The summed E-state index contributed by atoms with van der Waals surface area (Å²) in [6.07, 6.45) is 5.36. The Kier molecular flexibility index (Phi) is 6.40. The summed E-state index contributed by atoms with van der Waals surface area (Å²) < 4.78 is 5.75. The summed E-state index contributed by atoms with van der Waals surface area (Å²) in [6, 6.07) is 14.6. The van der Waals surface area contributed by atoms with Crippen LogP contribution in [0.25, 0.3) is 0 Å². The van der Waals surface area contributed by atoms with E-state index in [-0.39, 0.29) is 18.0 Å². The van der Waals surface area contributed by atoms with Crippen molar-refractivity contribution in [3.8, 4) is 11.8 Å². The van der Waals surface area contributed by atoms with Gasteiger partial charge in [-0.05, 0) is 55.7 Å². The van der Waals surface area contributed by atoms with E-state index in [2.05, 4.69) is 40.4 Å². The average molecular weight is 423 g/mol. The number of hydrogen-bond acceptors (Lipinski definition) is 6. The van der Waals surface area contributed by atoms with Gasteiger partial charge in [0.1, 0.15) is 5.75 Å². The number of likely N-dealkylation sites (tertiary alicyclic amines) is 1. The Labute approximate surface area is 180 Å². The highest BCUT2D eigenvalue weighted by Gasteiger charge is 2.34. The Balaban J connectivity index is 1.47. The smallest absolute Gasteiger partial charge is 0.321 e. The van der Waals surface area contributed by atoms with Gasteiger partial charge in [-0.3, -0.25) is 4.79 Å². The summed E-state index contributed by atoms with van der Waals surface area (Å²) in [4.78, 5) is 25.0. The monoisotopic (exact) mass is 422 g/mol. The Morgan fingerprint density at radius 1 is 1.23 bits per heavy atom. The highest BCUT2D eigenvalue weighted by atomic mass is 32.1. The van der Waals surface area contributed by atoms with E-state index >= 15 is 0 Å². The Morgan fingerprint density at radius 2 is 2.07 bits per heavy atom. The molecule has 0 saturated carbocycles. The number of hydrogen-bond donors (Lipinski definition) is 1. The number of aromatic nitrogens is 2. The third kappa shape index (κ3) is 4.86. The fourth-order valence-electron chi connectivity index (χ4n) is 3.94. The van der Waals surface area contributed by atoms with Crippen LogP contribution in [-0.4, -0.2) is 33.4 Å². The van der Waals surface area contributed by atoms with Gasteiger partial charge >= 0.3 is 6.01 Å². The van der Waals surface area contributed by atoms with Gasteiger partial charge in [0.05, 0.1) is 6.04 Å². The van der Waals surface area contributed by atoms with Crippen molar-refractivity contribution in [2.24, 2.45) is 0 Å². The Hall–Kier alpha value is -2.77. The summed E-state index contributed by atoms with van der Waals surface area (Å²) in [5.41, 5.74) is 1.12. The van der Waals surface area contributed by atoms with Crippen molar-refractivity contribution < 1.29 is 9.53 Å². The molecule has 7 heteroatoms. The van der Waals surface area contributed by atoms with Crippen LogP contribution < -0.4 is 10.1 Å². The van der Waals surface area contributed by atoms with Gasteiger partial charge in [0.25, 0.3) is 0 Å². The summed E-state index contributed by atoms with van der Waals surface area (Å²) in [6.45, 7) is 5.29. The second kappa shape index (κ2) is 9.36. The van der Waals surface area contributed by atoms with E-state index in [1.165, 1.54) is 9.75 Å². The first-order valence-corrected chi connectivity index (χ1v) is 11.0. The van der Waals surface area contributed by atoms with Crippen molar-refractivity contribution in [2.45, 2.75) is 45.3 Å². The Bertz CT molecular complexity index is 992. The van der Waals surface area contributed by atoms with Crippen molar-refractivity contribution in [2.75, 3.05) is 6.54 Å². The number of rotatable bonds is 6. The van der Waals surface area contributed by atoms with Crippen molar-refractivity contribution in [1.82, 2.24) is 20.2 Å². The SMILES string of the molecule is CC(=O)N1CCC[C@@H](NCc2cccc(Oc3ncccn3)c2)[C@@H]1c1ccc(C)s1. The van der Waals surface area contributed by atoms with Crippen LogP contribution in [0.4, 0.5) is 0 Å². The molecule has 0 radical (unpaired) electrons. The number of carbonyl (C=O) groups excluding carboxylic acids is 1. The molecule has 0 aliphatic carbocycles. The first-order valence-electron chi connectivity index (χ1n) is 10.2. The quantitative estimate of drug-likeness (QED) is 0.634. The van der Waals surface area contributed by atoms with Crippen LogP contribution >= 0.6 is 11.3 Å². The molecule has 1 fully saturated rings. The van der Waals surface area contributed by atoms with E-state index in [4.69, 9.17) is 4.74 Å². The molecule has 1 N–H and O–H groups in total. The van der Waals surface area contributed by atoms with E-state index in [0.717, 1.165) is 24.9 Å². The zero-order valence-electron chi connectivity index (χ0n) is 17.2. The molecule has 2 aromatic heterocycles. The topological polar surface area (TPSA) is 67.4 Å². The van der Waals surface area contributed by atoms with E-state index in [0.29, 0.717) is 18.3 Å². The highest BCUT2D eigenvalue weighted by molar-refractivity contribution is 7.12. The molecule has 1 amide bonds. The largest absolute Gasteiger partial charge is 0.424 e. The van der Waals surface area contributed by atoms with Crippen LogP contribution in [-0.2, 0) is 11.3 Å². The number of piperidine rings is 1. The molecule has 1 saturated heterocycles. The molecule has 1 aliphatic rings. The van der Waals surface area contributed by atoms with Gasteiger partial charge in [0.15, 0.2) is 0 Å². The van der Waals surface area contributed by atoms with E-state index in [1.54, 1.807) is 36.7 Å². The number of nitrogens with one attached hydrogen (secondary N) is 1. The minimum Gasteiger partial charge on any atom is -0.424 e. The Morgan fingerprint density at radius 3 is 2.80 bits per heavy atom. The molecule has 1 aromatic carbocycles. The third-order valence-electron chi connectivity index (χ3n) is 5.31. The van der Waals surface area contributed by atoms with Gasteiger partial charge in [-0.15, -0.1) is 11.3 Å². The lowest BCUT2D eigenvalue weighted by Gasteiger charge is -2.41. The molecule has 0 bridgehead atoms. The minimum absolute atomic E-state index is 0.0760. The summed E-state index contributed by atoms with van der Waals surface area (Å²) in [5.74, 6) is 0.843. The van der Waals surface area contributed by atoms with Crippen LogP contribution in [0, 0.1) is 6.92 Å². The average Bonchev–Trinajstić information content (AvgIpc) is 3.19. The lowest BCUT2D eigenvalue weighted by Crippen LogP contribution is -2.49. The van der Waals surface area contributed by atoms with Gasteiger partial charge in [-0.25, -0.2) is 9.97 Å². The number of benzene rings is 1. The molecule has 1 aliphatic heterocycles. The minimum atomic E-state index is 0.0760. The molecule has 2 atom stereocenters. The predicted molar refractivity (Wildman–Crippen MR) is 118 cm³/mol. The maximum Gasteiger partial charge on any atom is 0.321 e. The fourth-order valence-corrected chi connectivity index (χ4v) is 4.99. The number of thiophene rings is 1. The molecule has 6 nitrogen and oxygen atoms in total. The first kappa shape index (κ1) is 20.5. The van der Waals surface area contributed by atoms with E-state index < -0.39 is 0 Å². The van der Waals surface area contributed by atoms with Crippen molar-refractivity contribution >= 4 is 17.2 Å². The van der Waals surface area contributed by atoms with E-state index in [1.807, 2.05) is 23.1 Å². The van der Waals surface area contributed by atoms with Gasteiger partial charge in [0, 0.05) is 48.2 Å². The molecular weight excluding hydrogens is 396 g/mol. The summed E-state index contributed by atoms with van der Waals surface area (Å²) in [7, 11) is 0. The molecule has 156 valence electrons. The van der Waals surface area contributed by atoms with Crippen LogP contribution in [0.15, 0.2) is 54.9 Å². The second-order valence-corrected chi connectivity index (χ2v) is 8.84. The molecule has 30 heavy (non-hydrogen) atoms. The van der Waals surface area contributed by atoms with Crippen LogP contribution in [0.3, 0.4) is 0 Å². The van der Waals surface area contributed by atoms with Crippen molar-refractivity contribution in [3.05, 3.63) is 70.2 Å². The third-order valence-corrected chi connectivity index (χ3v) is 6.38. The maximum absolute atomic E-state index is 12.3. The number of amides is 1. The van der Waals surface area contributed by atoms with Gasteiger partial charge in [-0.1, -0.05) is 12.1 Å². The van der Waals surface area contributed by atoms with Crippen LogP contribution in [0.5, 0.6) is 11.8 Å². The molecule has 3 aromatic rings. The van der Waals surface area contributed by atoms with Crippen LogP contribution in [0.1, 0.15) is 41.1 Å². The van der Waals surface area contributed by atoms with Gasteiger partial charge in [0.2, 0.25) is 5.91 Å². The lowest BCUT2D eigenvalue weighted by molar-refractivity contribution is -0.133. The number of ether oxygens (including phenoxy) is 1. The fraction of sp³-hybridized carbons (Fsp3) is 0.348. The molecule has 3 heterocycles. The molecule has 0 spiro atoms. The van der Waals surface area contributed by atoms with Gasteiger partial charge in [-0.2, -0.15) is 0 Å². The highest BCUT2D eigenvalue weighted by Crippen LogP contribution is 2.35. The van der Waals surface area contributed by atoms with Crippen molar-refractivity contribution in [1.29, 1.82) is 0 Å². The summed E-state index contributed by atoms with van der Waals surface area (Å²) in [5, 5.41) is 3.70. The maximum atomic E-state index is 12.3. The zero-order valence-corrected chi connectivity index (χ0v) is 18.1. The van der Waals surface area contributed by atoms with Crippen LogP contribution in [0.2, 0.25) is 0 Å². The summed E-state index contributed by atoms with van der Waals surface area (Å²) >= 11 is 1.78. The second-order valence-electron chi connectivity index (χ2n) is 7.52. The standard InChI is InChI=1S/C23H26N4O2S/c1-16-9-10-21(30-16)22-20(8-4-13-27(22)17(2)28)26-15-18-6-3-7-19(14-18)29-23-24-11-5-12-25-23/h3,5-7,9-12,14,20,22,26H,4,8,13,15H2,1-2H3/t20-,22-/m1/s1. The number of aryl methyl sites for hydroxylation is 1. The normalized spacial score (nSPS) is 18.9. The number of carbonyl (C=O) groups is 1. The predicted octanol–water partition coefficient (Wildman–Crippen LogP) is 4.48. The van der Waals surface area contributed by atoms with Crippen molar-refractivity contribution in [3.63, 3.8) is 0 Å². The van der Waals surface area contributed by atoms with E-state index in [9.17, 15) is 4.79 Å². The zero-order chi connectivity index (χ0) is 20.9.